The average molecular weight is 598 g/mol. The van der Waals surface area contributed by atoms with Crippen LogP contribution in [0.25, 0.3) is 33.1 Å². The number of aryl methyl sites for hydroxylation is 1. The number of fused-ring (bicyclic) bond motifs is 2. The van der Waals surface area contributed by atoms with Crippen LogP contribution < -0.4 is 15.8 Å². The number of ether oxygens (including phenoxy) is 1. The van der Waals surface area contributed by atoms with Gasteiger partial charge in [0.05, 0.1) is 41.0 Å². The van der Waals surface area contributed by atoms with E-state index in [9.17, 15) is 9.90 Å². The minimum Gasteiger partial charge on any atom is -0.393 e. The number of hydrogen-bond acceptors (Lipinski definition) is 8. The molecule has 0 saturated carbocycles. The fraction of sp³-hybridized carbons (Fsp3) is 0.375. The fourth-order valence-corrected chi connectivity index (χ4v) is 6.28. The Kier molecular flexibility index (Phi) is 8.04. The SMILES string of the molecule is Cn1ccc2c(-c3ncc(Nc4ccc(N5CCC(O)CC5)cn4)c4c(=O)n(COCC[Si](C)(C)C)ccc34)ccnc21. The van der Waals surface area contributed by atoms with Crippen molar-refractivity contribution in [1.29, 1.82) is 0 Å². The van der Waals surface area contributed by atoms with Crippen molar-refractivity contribution in [1.82, 2.24) is 24.1 Å². The Morgan fingerprint density at radius 3 is 2.53 bits per heavy atom. The molecule has 0 amide bonds. The van der Waals surface area contributed by atoms with Crippen LogP contribution in [-0.4, -0.2) is 63.1 Å². The standard InChI is InChI=1S/C32H39N7O3Si/c1-37-13-10-25-24(7-12-33-31(25)37)30-26-11-16-39(21-42-17-18-43(2,3)4)32(41)29(26)27(20-35-30)36-28-6-5-22(19-34-28)38-14-8-23(40)9-15-38/h5-7,10-13,16,19-20,23,40H,8-9,14-15,17-18,21H2,1-4H3,(H,34,36). The molecule has 5 aromatic rings. The van der Waals surface area contributed by atoms with Crippen molar-refractivity contribution in [3.8, 4) is 11.3 Å². The minimum absolute atomic E-state index is 0.154. The van der Waals surface area contributed by atoms with Crippen LogP contribution in [0, 0.1) is 0 Å². The third-order valence-electron chi connectivity index (χ3n) is 8.10. The highest BCUT2D eigenvalue weighted by molar-refractivity contribution is 6.76. The van der Waals surface area contributed by atoms with Gasteiger partial charge in [-0.3, -0.25) is 14.3 Å². The summed E-state index contributed by atoms with van der Waals surface area (Å²) >= 11 is 0. The molecule has 6 rings (SSSR count). The van der Waals surface area contributed by atoms with Gasteiger partial charge in [0.2, 0.25) is 0 Å². The highest BCUT2D eigenvalue weighted by Gasteiger charge is 2.20. The van der Waals surface area contributed by atoms with E-state index in [2.05, 4.69) is 39.8 Å². The maximum Gasteiger partial charge on any atom is 0.262 e. The number of aromatic nitrogens is 5. The molecule has 1 aliphatic heterocycles. The first-order chi connectivity index (χ1) is 20.7. The second-order valence-electron chi connectivity index (χ2n) is 12.5. The van der Waals surface area contributed by atoms with Crippen molar-refractivity contribution in [2.75, 3.05) is 29.9 Å². The van der Waals surface area contributed by atoms with Crippen LogP contribution in [0.15, 0.2) is 66.1 Å². The molecule has 10 nitrogen and oxygen atoms in total. The molecule has 0 aromatic carbocycles. The summed E-state index contributed by atoms with van der Waals surface area (Å²) < 4.78 is 9.55. The van der Waals surface area contributed by atoms with Crippen LogP contribution in [0.3, 0.4) is 0 Å². The van der Waals surface area contributed by atoms with E-state index in [1.54, 1.807) is 23.2 Å². The maximum absolute atomic E-state index is 14.0. The number of nitrogens with zero attached hydrogens (tertiary/aromatic N) is 6. The first-order valence-electron chi connectivity index (χ1n) is 14.8. The number of piperidine rings is 1. The van der Waals surface area contributed by atoms with Gasteiger partial charge in [0.15, 0.2) is 0 Å². The largest absolute Gasteiger partial charge is 0.393 e. The molecule has 1 fully saturated rings. The van der Waals surface area contributed by atoms with E-state index in [-0.39, 0.29) is 18.4 Å². The number of anilines is 3. The topological polar surface area (TPSA) is 110 Å². The van der Waals surface area contributed by atoms with Gasteiger partial charge < -0.3 is 24.6 Å². The molecule has 0 atom stereocenters. The summed E-state index contributed by atoms with van der Waals surface area (Å²) in [5.74, 6) is 0.618. The number of aliphatic hydroxyl groups is 1. The molecular formula is C32H39N7O3Si. The lowest BCUT2D eigenvalue weighted by atomic mass is 10.0. The number of nitrogens with one attached hydrogen (secondary N) is 1. The fourth-order valence-electron chi connectivity index (χ4n) is 5.53. The van der Waals surface area contributed by atoms with Gasteiger partial charge in [-0.25, -0.2) is 9.97 Å². The molecule has 0 radical (unpaired) electrons. The van der Waals surface area contributed by atoms with E-state index >= 15 is 0 Å². The van der Waals surface area contributed by atoms with Crippen molar-refractivity contribution in [3.05, 3.63) is 71.7 Å². The van der Waals surface area contributed by atoms with Gasteiger partial charge in [0.1, 0.15) is 18.2 Å². The summed E-state index contributed by atoms with van der Waals surface area (Å²) in [4.78, 5) is 30.3. The Hall–Kier alpha value is -4.06. The number of rotatable bonds is 9. The van der Waals surface area contributed by atoms with Gasteiger partial charge >= 0.3 is 0 Å². The second kappa shape index (κ2) is 11.9. The minimum atomic E-state index is -1.25. The Morgan fingerprint density at radius 2 is 1.79 bits per heavy atom. The van der Waals surface area contributed by atoms with Crippen molar-refractivity contribution in [2.24, 2.45) is 7.05 Å². The van der Waals surface area contributed by atoms with Crippen LogP contribution in [0.1, 0.15) is 12.8 Å². The van der Waals surface area contributed by atoms with Crippen LogP contribution in [0.2, 0.25) is 25.7 Å². The summed E-state index contributed by atoms with van der Waals surface area (Å²) in [5, 5.41) is 15.5. The van der Waals surface area contributed by atoms with E-state index in [1.807, 2.05) is 54.3 Å². The predicted molar refractivity (Wildman–Crippen MR) is 175 cm³/mol. The van der Waals surface area contributed by atoms with Crippen molar-refractivity contribution in [2.45, 2.75) is 51.4 Å². The number of hydrogen-bond donors (Lipinski definition) is 2. The quantitative estimate of drug-likeness (QED) is 0.173. The zero-order chi connectivity index (χ0) is 30.1. The van der Waals surface area contributed by atoms with Crippen LogP contribution in [-0.2, 0) is 18.5 Å². The van der Waals surface area contributed by atoms with E-state index in [0.29, 0.717) is 23.5 Å². The number of pyridine rings is 4. The van der Waals surface area contributed by atoms with Gasteiger partial charge in [-0.1, -0.05) is 19.6 Å². The lowest BCUT2D eigenvalue weighted by Crippen LogP contribution is -2.35. The normalized spacial score (nSPS) is 14.6. The van der Waals surface area contributed by atoms with Gasteiger partial charge in [-0.05, 0) is 49.2 Å². The molecule has 11 heteroatoms. The molecule has 0 unspecified atom stereocenters. The zero-order valence-electron chi connectivity index (χ0n) is 25.2. The summed E-state index contributed by atoms with van der Waals surface area (Å²) in [6, 6.07) is 10.9. The smallest absolute Gasteiger partial charge is 0.262 e. The maximum atomic E-state index is 14.0. The summed E-state index contributed by atoms with van der Waals surface area (Å²) in [7, 11) is 0.716. The highest BCUT2D eigenvalue weighted by Crippen LogP contribution is 2.34. The van der Waals surface area contributed by atoms with Crippen LogP contribution >= 0.6 is 0 Å². The molecule has 0 bridgehead atoms. The predicted octanol–water partition coefficient (Wildman–Crippen LogP) is 5.36. The van der Waals surface area contributed by atoms with Gasteiger partial charge in [-0.2, -0.15) is 0 Å². The van der Waals surface area contributed by atoms with Crippen LogP contribution in [0.4, 0.5) is 17.2 Å². The highest BCUT2D eigenvalue weighted by atomic mass is 28.3. The summed E-state index contributed by atoms with van der Waals surface area (Å²) in [6.07, 6.45) is 10.4. The first kappa shape index (κ1) is 29.0. The first-order valence-corrected chi connectivity index (χ1v) is 18.5. The third kappa shape index (κ3) is 6.19. The van der Waals surface area contributed by atoms with Crippen molar-refractivity contribution in [3.63, 3.8) is 0 Å². The zero-order valence-corrected chi connectivity index (χ0v) is 26.2. The lowest BCUT2D eigenvalue weighted by Gasteiger charge is -2.31. The Labute approximate surface area is 252 Å². The molecule has 43 heavy (non-hydrogen) atoms. The molecule has 1 saturated heterocycles. The molecule has 6 heterocycles. The van der Waals surface area contributed by atoms with Gasteiger partial charge in [0, 0.05) is 69.7 Å². The molecule has 5 aromatic heterocycles. The van der Waals surface area contributed by atoms with E-state index < -0.39 is 8.07 Å². The Bertz CT molecular complexity index is 1800. The van der Waals surface area contributed by atoms with Gasteiger partial charge in [0.25, 0.3) is 5.56 Å². The summed E-state index contributed by atoms with van der Waals surface area (Å²) in [5.41, 5.74) is 3.93. The number of aliphatic hydroxyl groups excluding tert-OH is 1. The monoisotopic (exact) mass is 597 g/mol. The molecule has 224 valence electrons. The van der Waals surface area contributed by atoms with Gasteiger partial charge in [-0.15, -0.1) is 0 Å². The van der Waals surface area contributed by atoms with Crippen molar-refractivity contribution >= 4 is 47.1 Å². The van der Waals surface area contributed by atoms with E-state index in [1.165, 1.54) is 0 Å². The lowest BCUT2D eigenvalue weighted by molar-refractivity contribution is 0.0851. The van der Waals surface area contributed by atoms with E-state index in [0.717, 1.165) is 65.3 Å². The van der Waals surface area contributed by atoms with Crippen molar-refractivity contribution < 1.29 is 9.84 Å². The Morgan fingerprint density at radius 1 is 1.00 bits per heavy atom. The summed E-state index contributed by atoms with van der Waals surface area (Å²) in [6.45, 7) is 9.35. The van der Waals surface area contributed by atoms with Crippen LogP contribution in [0.5, 0.6) is 0 Å². The molecular weight excluding hydrogens is 558 g/mol. The third-order valence-corrected chi connectivity index (χ3v) is 9.81. The second-order valence-corrected chi connectivity index (χ2v) is 18.1. The molecule has 1 aliphatic rings. The molecule has 2 N–H and O–H groups in total. The van der Waals surface area contributed by atoms with E-state index in [4.69, 9.17) is 9.72 Å². The molecule has 0 aliphatic carbocycles. The molecule has 0 spiro atoms. The Balaban J connectivity index is 1.37. The average Bonchev–Trinajstić information content (AvgIpc) is 3.37.